The summed E-state index contributed by atoms with van der Waals surface area (Å²) in [7, 11) is -3.23. The molecule has 2 fully saturated rings. The molecule has 1 saturated carbocycles. The van der Waals surface area contributed by atoms with Crippen molar-refractivity contribution in [3.8, 4) is 6.07 Å². The summed E-state index contributed by atoms with van der Waals surface area (Å²) in [6.07, 6.45) is 8.02. The topological polar surface area (TPSA) is 86.5 Å². The van der Waals surface area contributed by atoms with Crippen LogP contribution in [0.3, 0.4) is 0 Å². The Balaban J connectivity index is 1.74. The first-order chi connectivity index (χ1) is 13.9. The quantitative estimate of drug-likeness (QED) is 0.750. The van der Waals surface area contributed by atoms with E-state index in [9.17, 15) is 13.7 Å². The summed E-state index contributed by atoms with van der Waals surface area (Å²) < 4.78 is 31.4. The minimum Gasteiger partial charge on any atom is -0.376 e. The molecule has 2 aliphatic heterocycles. The van der Waals surface area contributed by atoms with Gasteiger partial charge in [-0.2, -0.15) is 9.57 Å². The molecule has 1 aromatic rings. The molecular weight excluding hydrogens is 388 g/mol. The molecular formula is C21H30N4O3S. The zero-order valence-electron chi connectivity index (χ0n) is 17.4. The normalized spacial score (nSPS) is 24.2. The van der Waals surface area contributed by atoms with Crippen LogP contribution in [-0.2, 0) is 27.8 Å². The average molecular weight is 419 g/mol. The third-order valence-corrected chi connectivity index (χ3v) is 7.96. The van der Waals surface area contributed by atoms with Crippen molar-refractivity contribution in [2.45, 2.75) is 64.0 Å². The van der Waals surface area contributed by atoms with Crippen molar-refractivity contribution in [1.82, 2.24) is 9.29 Å². The molecule has 1 atom stereocenters. The predicted molar refractivity (Wildman–Crippen MR) is 111 cm³/mol. The molecule has 1 saturated heterocycles. The minimum absolute atomic E-state index is 0.149. The molecule has 0 aromatic carbocycles. The van der Waals surface area contributed by atoms with Gasteiger partial charge >= 0.3 is 0 Å². The number of nitriles is 1. The molecule has 0 amide bonds. The Morgan fingerprint density at radius 3 is 2.59 bits per heavy atom. The smallest absolute Gasteiger partial charge is 0.211 e. The highest BCUT2D eigenvalue weighted by Gasteiger charge is 2.34. The fourth-order valence-corrected chi connectivity index (χ4v) is 6.28. The molecule has 1 aromatic heterocycles. The Morgan fingerprint density at radius 2 is 1.93 bits per heavy atom. The molecule has 8 heteroatoms. The van der Waals surface area contributed by atoms with Crippen LogP contribution in [0.5, 0.6) is 0 Å². The van der Waals surface area contributed by atoms with Gasteiger partial charge in [0.25, 0.3) is 0 Å². The van der Waals surface area contributed by atoms with Crippen molar-refractivity contribution in [3.05, 3.63) is 22.4 Å². The third-order valence-electron chi connectivity index (χ3n) is 6.56. The Bertz CT molecular complexity index is 919. The maximum atomic E-state index is 12.0. The van der Waals surface area contributed by atoms with Crippen molar-refractivity contribution in [2.24, 2.45) is 0 Å². The van der Waals surface area contributed by atoms with E-state index in [1.54, 1.807) is 4.31 Å². The second kappa shape index (κ2) is 8.21. The van der Waals surface area contributed by atoms with E-state index in [0.717, 1.165) is 41.9 Å². The third kappa shape index (κ3) is 4.00. The summed E-state index contributed by atoms with van der Waals surface area (Å²) in [4.78, 5) is 7.20. The molecule has 29 heavy (non-hydrogen) atoms. The summed E-state index contributed by atoms with van der Waals surface area (Å²) in [6, 6.07) is 2.27. The minimum atomic E-state index is -3.23. The molecule has 0 bridgehead atoms. The summed E-state index contributed by atoms with van der Waals surface area (Å²) in [5.74, 6) is 1.18. The summed E-state index contributed by atoms with van der Waals surface area (Å²) in [5, 5.41) is 9.99. The zero-order valence-corrected chi connectivity index (χ0v) is 18.2. The van der Waals surface area contributed by atoms with Crippen LogP contribution in [0.4, 0.5) is 5.82 Å². The first-order valence-corrected chi connectivity index (χ1v) is 12.5. The van der Waals surface area contributed by atoms with Gasteiger partial charge in [-0.1, -0.05) is 19.3 Å². The lowest BCUT2D eigenvalue weighted by atomic mass is 9.82. The van der Waals surface area contributed by atoms with Crippen LogP contribution in [0.2, 0.25) is 0 Å². The molecule has 0 unspecified atom stereocenters. The van der Waals surface area contributed by atoms with Crippen LogP contribution in [0, 0.1) is 11.3 Å². The molecule has 0 spiro atoms. The molecule has 0 N–H and O–H groups in total. The molecule has 7 nitrogen and oxygen atoms in total. The summed E-state index contributed by atoms with van der Waals surface area (Å²) in [5.41, 5.74) is 4.00. The van der Waals surface area contributed by atoms with Crippen LogP contribution in [0.1, 0.15) is 67.3 Å². The molecule has 1 aliphatic carbocycles. The van der Waals surface area contributed by atoms with Crippen molar-refractivity contribution >= 4 is 15.8 Å². The van der Waals surface area contributed by atoms with Crippen LogP contribution >= 0.6 is 0 Å². The highest BCUT2D eigenvalue weighted by atomic mass is 32.2. The average Bonchev–Trinajstić information content (AvgIpc) is 2.72. The van der Waals surface area contributed by atoms with Gasteiger partial charge < -0.3 is 9.64 Å². The van der Waals surface area contributed by atoms with Gasteiger partial charge in [-0.3, -0.25) is 0 Å². The molecule has 0 radical (unpaired) electrons. The van der Waals surface area contributed by atoms with Gasteiger partial charge in [0.1, 0.15) is 11.9 Å². The fraction of sp³-hybridized carbons (Fsp3) is 0.714. The van der Waals surface area contributed by atoms with Crippen LogP contribution in [0.25, 0.3) is 0 Å². The number of hydrogen-bond acceptors (Lipinski definition) is 6. The maximum Gasteiger partial charge on any atom is 0.211 e. The number of anilines is 1. The van der Waals surface area contributed by atoms with Crippen molar-refractivity contribution < 1.29 is 13.2 Å². The lowest BCUT2D eigenvalue weighted by Crippen LogP contribution is -2.54. The Hall–Kier alpha value is -1.69. The Morgan fingerprint density at radius 1 is 1.17 bits per heavy atom. The van der Waals surface area contributed by atoms with E-state index in [2.05, 4.69) is 11.0 Å². The largest absolute Gasteiger partial charge is 0.376 e. The second-order valence-electron chi connectivity index (χ2n) is 8.57. The van der Waals surface area contributed by atoms with E-state index in [1.165, 1.54) is 25.5 Å². The molecule has 3 aliphatic rings. The van der Waals surface area contributed by atoms with Gasteiger partial charge in [0.15, 0.2) is 0 Å². The van der Waals surface area contributed by atoms with Crippen molar-refractivity contribution in [1.29, 1.82) is 5.26 Å². The van der Waals surface area contributed by atoms with E-state index in [0.29, 0.717) is 44.3 Å². The number of piperazine rings is 1. The number of fused-ring (bicyclic) bond motifs is 1. The SMILES string of the molecule is C[C@@H]1CN(c2nc(C3CCCCC3)c3c(c2C#N)CCOC3)CCN1S(C)(=O)=O. The number of rotatable bonds is 3. The summed E-state index contributed by atoms with van der Waals surface area (Å²) in [6.45, 7) is 4.63. The summed E-state index contributed by atoms with van der Waals surface area (Å²) >= 11 is 0. The maximum absolute atomic E-state index is 12.0. The number of nitrogens with zero attached hydrogens (tertiary/aromatic N) is 4. The van der Waals surface area contributed by atoms with Crippen LogP contribution in [-0.4, -0.2) is 56.2 Å². The van der Waals surface area contributed by atoms with Gasteiger partial charge in [0.2, 0.25) is 10.0 Å². The van der Waals surface area contributed by atoms with Gasteiger partial charge in [0, 0.05) is 37.2 Å². The number of sulfonamides is 1. The number of hydrogen-bond donors (Lipinski definition) is 0. The standard InChI is InChI=1S/C21H30N4O3S/c1-15-13-24(9-10-25(15)29(2,26)27)21-18(12-22)17-8-11-28-14-19(17)20(23-21)16-6-4-3-5-7-16/h15-16H,3-11,13-14H2,1-2H3/t15-/m1/s1. The lowest BCUT2D eigenvalue weighted by Gasteiger charge is -2.40. The molecule has 4 rings (SSSR count). The van der Waals surface area contributed by atoms with Gasteiger partial charge in [0.05, 0.1) is 30.7 Å². The zero-order chi connectivity index (χ0) is 20.6. The number of ether oxygens (including phenoxy) is 1. The monoisotopic (exact) mass is 418 g/mol. The molecule has 158 valence electrons. The van der Waals surface area contributed by atoms with Gasteiger partial charge in [-0.15, -0.1) is 0 Å². The van der Waals surface area contributed by atoms with Gasteiger partial charge in [-0.05, 0) is 31.7 Å². The van der Waals surface area contributed by atoms with E-state index in [-0.39, 0.29) is 6.04 Å². The van der Waals surface area contributed by atoms with E-state index in [4.69, 9.17) is 9.72 Å². The predicted octanol–water partition coefficient (Wildman–Crippen LogP) is 2.54. The van der Waals surface area contributed by atoms with Crippen molar-refractivity contribution in [3.63, 3.8) is 0 Å². The van der Waals surface area contributed by atoms with E-state index < -0.39 is 10.0 Å². The van der Waals surface area contributed by atoms with E-state index in [1.807, 2.05) is 6.92 Å². The second-order valence-corrected chi connectivity index (χ2v) is 10.5. The lowest BCUT2D eigenvalue weighted by molar-refractivity contribution is 0.109. The van der Waals surface area contributed by atoms with Crippen LogP contribution in [0.15, 0.2) is 0 Å². The Labute approximate surface area is 173 Å². The highest BCUT2D eigenvalue weighted by molar-refractivity contribution is 7.88. The Kier molecular flexibility index (Phi) is 5.83. The van der Waals surface area contributed by atoms with Gasteiger partial charge in [-0.25, -0.2) is 13.4 Å². The van der Waals surface area contributed by atoms with Crippen molar-refractivity contribution in [2.75, 3.05) is 37.4 Å². The number of aromatic nitrogens is 1. The number of pyridine rings is 1. The first kappa shape index (κ1) is 20.6. The highest BCUT2D eigenvalue weighted by Crippen LogP contribution is 2.39. The van der Waals surface area contributed by atoms with Crippen LogP contribution < -0.4 is 4.90 Å². The van der Waals surface area contributed by atoms with E-state index >= 15 is 0 Å². The first-order valence-electron chi connectivity index (χ1n) is 10.7. The molecule has 3 heterocycles. The fourth-order valence-electron chi connectivity index (χ4n) is 5.15.